The average molecular weight is 1380 g/mol. The molecule has 0 aromatic carbocycles. The molecule has 94 heavy (non-hydrogen) atoms. The van der Waals surface area contributed by atoms with Gasteiger partial charge >= 0.3 is 39.5 Å². The number of esters is 4. The molecule has 0 rings (SSSR count). The monoisotopic (exact) mass is 1380 g/mol. The Bertz CT molecular complexity index is 1840. The van der Waals surface area contributed by atoms with Crippen molar-refractivity contribution in [1.29, 1.82) is 0 Å². The van der Waals surface area contributed by atoms with E-state index >= 15 is 0 Å². The topological polar surface area (TPSA) is 237 Å². The Morgan fingerprint density at radius 1 is 0.309 bits per heavy atom. The molecule has 0 aromatic heterocycles. The largest absolute Gasteiger partial charge is 0.472 e. The third kappa shape index (κ3) is 67.3. The van der Waals surface area contributed by atoms with Gasteiger partial charge in [0.2, 0.25) is 0 Å². The first-order valence-corrected chi connectivity index (χ1v) is 41.9. The molecule has 19 heteroatoms. The van der Waals surface area contributed by atoms with Gasteiger partial charge in [0, 0.05) is 25.7 Å². The fourth-order valence-corrected chi connectivity index (χ4v) is 13.0. The van der Waals surface area contributed by atoms with E-state index in [1.54, 1.807) is 0 Å². The standard InChI is InChI=1S/C75H146O17P2/c1-8-10-11-12-13-35-42-49-56-72(77)85-62-70(92-75(80)59-52-45-38-31-30-33-40-47-54-67(5)6)64-89-93(81,82)87-60-69(76)61-88-94(83,84)90-65-71(63-86-73(78)57-50-43-36-28-25-24-26-32-39-46-53-66(3)4)91-74(79)58-51-44-37-29-23-21-19-17-15-14-16-18-20-22-27-34-41-48-55-68(7)9-2/h66-71,76H,8-65H2,1-7H3,(H,81,82)(H,83,84)/t68?,69-,70+,71+/m0/s1. The van der Waals surface area contributed by atoms with E-state index in [0.717, 1.165) is 114 Å². The molecular formula is C75H146O17P2. The first kappa shape index (κ1) is 92.1. The number of unbranched alkanes of at least 4 members (excludes halogenated alkanes) is 40. The maximum atomic E-state index is 13.1. The molecule has 0 saturated carbocycles. The molecule has 0 bridgehead atoms. The zero-order valence-corrected chi connectivity index (χ0v) is 63.2. The second-order valence-corrected chi connectivity index (χ2v) is 31.1. The summed E-state index contributed by atoms with van der Waals surface area (Å²) in [5.74, 6) is 0.224. The van der Waals surface area contributed by atoms with Crippen LogP contribution in [0.25, 0.3) is 0 Å². The number of ether oxygens (including phenoxy) is 4. The van der Waals surface area contributed by atoms with E-state index in [1.165, 1.54) is 186 Å². The van der Waals surface area contributed by atoms with Gasteiger partial charge in [0.05, 0.1) is 26.4 Å². The number of aliphatic hydroxyl groups excluding tert-OH is 1. The molecule has 3 N–H and O–H groups in total. The first-order chi connectivity index (χ1) is 45.3. The summed E-state index contributed by atoms with van der Waals surface area (Å²) < 4.78 is 68.4. The zero-order chi connectivity index (χ0) is 69.4. The molecule has 0 aliphatic carbocycles. The molecular weight excluding hydrogens is 1230 g/mol. The van der Waals surface area contributed by atoms with Crippen LogP contribution in [0, 0.1) is 17.8 Å². The summed E-state index contributed by atoms with van der Waals surface area (Å²) in [5.41, 5.74) is 0. The van der Waals surface area contributed by atoms with Crippen LogP contribution in [0.5, 0.6) is 0 Å². The highest BCUT2D eigenvalue weighted by Crippen LogP contribution is 2.45. The Balaban J connectivity index is 5.16. The van der Waals surface area contributed by atoms with Crippen molar-refractivity contribution in [2.45, 2.75) is 401 Å². The van der Waals surface area contributed by atoms with Gasteiger partial charge in [0.1, 0.15) is 19.3 Å². The van der Waals surface area contributed by atoms with Gasteiger partial charge in [-0.05, 0) is 43.4 Å². The highest BCUT2D eigenvalue weighted by Gasteiger charge is 2.30. The Morgan fingerprint density at radius 2 is 0.543 bits per heavy atom. The maximum absolute atomic E-state index is 13.1. The van der Waals surface area contributed by atoms with E-state index in [1.807, 2.05) is 0 Å². The predicted molar refractivity (Wildman–Crippen MR) is 381 cm³/mol. The van der Waals surface area contributed by atoms with E-state index in [9.17, 15) is 43.2 Å². The lowest BCUT2D eigenvalue weighted by Crippen LogP contribution is -2.30. The fraction of sp³-hybridized carbons (Fsp3) is 0.947. The van der Waals surface area contributed by atoms with E-state index in [4.69, 9.17) is 37.0 Å². The lowest BCUT2D eigenvalue weighted by atomic mass is 9.99. The second kappa shape index (κ2) is 65.7. The maximum Gasteiger partial charge on any atom is 0.472 e. The number of hydrogen-bond acceptors (Lipinski definition) is 15. The SMILES string of the molecule is CCCCCCCCCCC(=O)OC[C@H](COP(=O)(O)OC[C@H](O)COP(=O)(O)OC[C@@H](COC(=O)CCCCCCCCCCCCC(C)C)OC(=O)CCCCCCCCCCCCCCCCCCCCC(C)CC)OC(=O)CCCCCCCCCCC(C)C. The summed E-state index contributed by atoms with van der Waals surface area (Å²) in [7, 11) is -9.90. The van der Waals surface area contributed by atoms with E-state index in [2.05, 4.69) is 48.5 Å². The van der Waals surface area contributed by atoms with E-state index in [-0.39, 0.29) is 25.7 Å². The number of hydrogen-bond donors (Lipinski definition) is 3. The molecule has 0 heterocycles. The quantitative estimate of drug-likeness (QED) is 0.0222. The summed E-state index contributed by atoms with van der Waals surface area (Å²) >= 11 is 0. The number of carbonyl (C=O) groups is 4. The molecule has 3 unspecified atom stereocenters. The molecule has 0 saturated heterocycles. The van der Waals surface area contributed by atoms with E-state index < -0.39 is 97.5 Å². The lowest BCUT2D eigenvalue weighted by Gasteiger charge is -2.21. The first-order valence-electron chi connectivity index (χ1n) is 38.9. The zero-order valence-electron chi connectivity index (χ0n) is 61.4. The molecule has 558 valence electrons. The third-order valence-corrected chi connectivity index (χ3v) is 19.6. The van der Waals surface area contributed by atoms with Crippen molar-refractivity contribution in [3.8, 4) is 0 Å². The molecule has 0 aliphatic heterocycles. The number of rotatable bonds is 73. The number of carbonyl (C=O) groups excluding carboxylic acids is 4. The molecule has 0 spiro atoms. The van der Waals surface area contributed by atoms with Gasteiger partial charge in [-0.1, -0.05) is 331 Å². The highest BCUT2D eigenvalue weighted by molar-refractivity contribution is 7.47. The summed E-state index contributed by atoms with van der Waals surface area (Å²) in [6.45, 7) is 11.9. The Morgan fingerprint density at radius 3 is 0.809 bits per heavy atom. The van der Waals surface area contributed by atoms with Crippen LogP contribution in [-0.2, 0) is 65.4 Å². The molecule has 0 fully saturated rings. The third-order valence-electron chi connectivity index (χ3n) is 17.7. The van der Waals surface area contributed by atoms with Gasteiger partial charge < -0.3 is 33.8 Å². The van der Waals surface area contributed by atoms with Crippen LogP contribution >= 0.6 is 15.6 Å². The molecule has 0 aliphatic rings. The van der Waals surface area contributed by atoms with Crippen molar-refractivity contribution < 1.29 is 80.2 Å². The van der Waals surface area contributed by atoms with Crippen LogP contribution in [-0.4, -0.2) is 96.7 Å². The van der Waals surface area contributed by atoms with Gasteiger partial charge in [-0.15, -0.1) is 0 Å². The normalized spacial score (nSPS) is 14.4. The molecule has 17 nitrogen and oxygen atoms in total. The molecule has 0 aromatic rings. The van der Waals surface area contributed by atoms with Gasteiger partial charge in [0.25, 0.3) is 0 Å². The van der Waals surface area contributed by atoms with Crippen molar-refractivity contribution in [1.82, 2.24) is 0 Å². The van der Waals surface area contributed by atoms with E-state index in [0.29, 0.717) is 25.7 Å². The van der Waals surface area contributed by atoms with Crippen LogP contribution in [0.4, 0.5) is 0 Å². The Labute approximate surface area is 575 Å². The van der Waals surface area contributed by atoms with Crippen LogP contribution in [0.2, 0.25) is 0 Å². The number of phosphoric ester groups is 2. The van der Waals surface area contributed by atoms with Crippen molar-refractivity contribution in [2.24, 2.45) is 17.8 Å². The smallest absolute Gasteiger partial charge is 0.462 e. The summed E-state index contributed by atoms with van der Waals surface area (Å²) in [6, 6.07) is 0. The van der Waals surface area contributed by atoms with Gasteiger partial charge in [-0.3, -0.25) is 37.3 Å². The van der Waals surface area contributed by atoms with Gasteiger partial charge in [-0.25, -0.2) is 9.13 Å². The highest BCUT2D eigenvalue weighted by atomic mass is 31.2. The van der Waals surface area contributed by atoms with Gasteiger partial charge in [0.15, 0.2) is 12.2 Å². The van der Waals surface area contributed by atoms with Crippen molar-refractivity contribution in [3.05, 3.63) is 0 Å². The van der Waals surface area contributed by atoms with Crippen LogP contribution < -0.4 is 0 Å². The summed E-state index contributed by atoms with van der Waals surface area (Å²) in [5, 5.41) is 10.6. The van der Waals surface area contributed by atoms with Crippen LogP contribution in [0.15, 0.2) is 0 Å². The van der Waals surface area contributed by atoms with Crippen LogP contribution in [0.3, 0.4) is 0 Å². The van der Waals surface area contributed by atoms with Crippen molar-refractivity contribution in [3.63, 3.8) is 0 Å². The minimum absolute atomic E-state index is 0.104. The summed E-state index contributed by atoms with van der Waals surface area (Å²) in [4.78, 5) is 72.6. The molecule has 6 atom stereocenters. The fourth-order valence-electron chi connectivity index (χ4n) is 11.4. The predicted octanol–water partition coefficient (Wildman–Crippen LogP) is 21.8. The van der Waals surface area contributed by atoms with Crippen molar-refractivity contribution in [2.75, 3.05) is 39.6 Å². The average Bonchev–Trinajstić information content (AvgIpc) is 1.10. The van der Waals surface area contributed by atoms with Gasteiger partial charge in [-0.2, -0.15) is 0 Å². The van der Waals surface area contributed by atoms with Crippen molar-refractivity contribution >= 4 is 39.5 Å². The number of phosphoric acid groups is 2. The second-order valence-electron chi connectivity index (χ2n) is 28.2. The Kier molecular flexibility index (Phi) is 64.3. The number of aliphatic hydroxyl groups is 1. The molecule has 0 radical (unpaired) electrons. The minimum atomic E-state index is -4.96. The minimum Gasteiger partial charge on any atom is -0.462 e. The molecule has 0 amide bonds. The summed E-state index contributed by atoms with van der Waals surface area (Å²) in [6.07, 6.45) is 51.5. The lowest BCUT2D eigenvalue weighted by molar-refractivity contribution is -0.161. The van der Waals surface area contributed by atoms with Crippen LogP contribution in [0.1, 0.15) is 382 Å². The Hall–Kier alpha value is -1.94.